The molecule has 0 bridgehead atoms. The van der Waals surface area contributed by atoms with E-state index < -0.39 is 0 Å². The molecule has 0 fully saturated rings. The van der Waals surface area contributed by atoms with Crippen molar-refractivity contribution in [2.75, 3.05) is 9.80 Å². The van der Waals surface area contributed by atoms with Crippen molar-refractivity contribution in [1.29, 1.82) is 0 Å². The molecule has 0 amide bonds. The van der Waals surface area contributed by atoms with Crippen LogP contribution in [0.4, 0.5) is 34.1 Å². The van der Waals surface area contributed by atoms with Gasteiger partial charge in [-0.3, -0.25) is 0 Å². The van der Waals surface area contributed by atoms with Crippen LogP contribution >= 0.6 is 0 Å². The van der Waals surface area contributed by atoms with Gasteiger partial charge in [-0.05, 0) is 143 Å². The summed E-state index contributed by atoms with van der Waals surface area (Å²) in [4.78, 5) is 4.86. The molecule has 12 aromatic carbocycles. The fourth-order valence-corrected chi connectivity index (χ4v) is 12.1. The topological polar surface area (TPSA) is 32.8 Å². The summed E-state index contributed by atoms with van der Waals surface area (Å²) in [5.74, 6) is 0. The lowest BCUT2D eigenvalue weighted by Crippen LogP contribution is -2.14. The van der Waals surface area contributed by atoms with Gasteiger partial charge in [-0.2, -0.15) is 0 Å². The maximum Gasteiger partial charge on any atom is 0.159 e. The Bertz CT molecular complexity index is 4330. The third kappa shape index (κ3) is 8.41. The van der Waals surface area contributed by atoms with E-state index in [1.54, 1.807) is 0 Å². The predicted molar refractivity (Wildman–Crippen MR) is 336 cm³/mol. The average Bonchev–Trinajstić information content (AvgIpc) is 4.11. The normalized spacial score (nSPS) is 11.5. The van der Waals surface area contributed by atoms with Crippen LogP contribution in [0.2, 0.25) is 0 Å². The zero-order valence-corrected chi connectivity index (χ0v) is 45.1. The Morgan fingerprint density at radius 1 is 0.237 bits per heavy atom. The first-order valence-corrected chi connectivity index (χ1v) is 27.5. The van der Waals surface area contributed by atoms with Crippen molar-refractivity contribution >= 4 is 78.0 Å². The van der Waals surface area contributed by atoms with Crippen LogP contribution in [0.5, 0.6) is 0 Å². The van der Waals surface area contributed by atoms with Crippen LogP contribution in [0.1, 0.15) is 22.3 Å². The number of aryl methyl sites for hydroxylation is 4. The largest absolute Gasteiger partial charge is 0.454 e. The summed E-state index contributed by atoms with van der Waals surface area (Å²) in [7, 11) is 0. The highest BCUT2D eigenvalue weighted by molar-refractivity contribution is 6.12. The van der Waals surface area contributed by atoms with Gasteiger partial charge in [0, 0.05) is 44.0 Å². The quantitative estimate of drug-likeness (QED) is 0.129. The maximum atomic E-state index is 6.85. The lowest BCUT2D eigenvalue weighted by Gasteiger charge is -2.31. The molecular formula is C76H56N2O2. The fourth-order valence-electron chi connectivity index (χ4n) is 12.1. The van der Waals surface area contributed by atoms with E-state index in [-0.39, 0.29) is 0 Å². The van der Waals surface area contributed by atoms with Gasteiger partial charge in [0.05, 0.1) is 22.7 Å². The monoisotopic (exact) mass is 1030 g/mol. The lowest BCUT2D eigenvalue weighted by atomic mass is 9.94. The molecule has 4 nitrogen and oxygen atoms in total. The van der Waals surface area contributed by atoms with Gasteiger partial charge in [0.2, 0.25) is 0 Å². The summed E-state index contributed by atoms with van der Waals surface area (Å²) in [6.07, 6.45) is 0. The van der Waals surface area contributed by atoms with Crippen molar-refractivity contribution in [2.45, 2.75) is 27.7 Å². The Labute approximate surface area is 466 Å². The highest BCUT2D eigenvalue weighted by atomic mass is 16.3. The molecule has 0 unspecified atom stereocenters. The van der Waals surface area contributed by atoms with Crippen LogP contribution in [0.25, 0.3) is 99.5 Å². The number of furan rings is 2. The molecule has 0 radical (unpaired) electrons. The van der Waals surface area contributed by atoms with E-state index in [4.69, 9.17) is 8.83 Å². The van der Waals surface area contributed by atoms with Crippen LogP contribution in [-0.2, 0) is 0 Å². The van der Waals surface area contributed by atoms with Gasteiger partial charge in [-0.1, -0.05) is 218 Å². The zero-order chi connectivity index (χ0) is 53.8. The third-order valence-corrected chi connectivity index (χ3v) is 16.0. The standard InChI is InChI=1S/C76H56N2O2/c1-49-19-15-27-61(57-39-35-55(36-40-57)53-21-7-5-8-22-53)73(49)77(69-31-17-29-65-63-25-11-13-33-71(63)79-75(65)69)67-45-43-59(47-51(67)3)60-44-46-68(52(4)48-60)78(70-32-18-30-66-64-26-12-14-34-72(64)80-76(66)70)74-50(2)20-16-28-62(74)58-41-37-56(38-42-58)54-23-9-6-10-24-54/h5-48H,1-4H3. The van der Waals surface area contributed by atoms with Crippen LogP contribution in [0.15, 0.2) is 276 Å². The van der Waals surface area contributed by atoms with Crippen LogP contribution in [0, 0.1) is 27.7 Å². The first kappa shape index (κ1) is 48.2. The summed E-state index contributed by atoms with van der Waals surface area (Å²) in [5.41, 5.74) is 25.9. The number of fused-ring (bicyclic) bond motifs is 6. The molecule has 80 heavy (non-hydrogen) atoms. The molecule has 0 aliphatic rings. The van der Waals surface area contributed by atoms with E-state index in [1.165, 1.54) is 22.3 Å². The van der Waals surface area contributed by atoms with Crippen LogP contribution in [-0.4, -0.2) is 0 Å². The maximum absolute atomic E-state index is 6.85. The molecule has 0 atom stereocenters. The summed E-state index contributed by atoms with van der Waals surface area (Å²) in [6.45, 7) is 8.91. The Morgan fingerprint density at radius 2 is 0.575 bits per heavy atom. The molecule has 14 aromatic rings. The van der Waals surface area contributed by atoms with E-state index in [0.717, 1.165) is 134 Å². The smallest absolute Gasteiger partial charge is 0.159 e. The molecule has 2 heterocycles. The van der Waals surface area contributed by atoms with E-state index in [1.807, 2.05) is 12.1 Å². The van der Waals surface area contributed by atoms with E-state index in [2.05, 4.69) is 292 Å². The molecule has 382 valence electrons. The van der Waals surface area contributed by atoms with E-state index in [9.17, 15) is 0 Å². The molecule has 0 aliphatic heterocycles. The van der Waals surface area contributed by atoms with Crippen molar-refractivity contribution in [3.05, 3.63) is 289 Å². The van der Waals surface area contributed by atoms with Gasteiger partial charge in [-0.25, -0.2) is 0 Å². The number of hydrogen-bond donors (Lipinski definition) is 0. The SMILES string of the molecule is Cc1cc(-c2ccc(N(c3c(C)cccc3-c3ccc(-c4ccccc4)cc3)c3cccc4c3oc3ccccc34)c(C)c2)ccc1N(c1c(C)cccc1-c1ccc(-c2ccccc2)cc1)c1cccc2c1oc1ccccc12. The Kier molecular flexibility index (Phi) is 12.1. The second kappa shape index (κ2) is 20.0. The Morgan fingerprint density at radius 3 is 0.988 bits per heavy atom. The average molecular weight is 1030 g/mol. The van der Waals surface area contributed by atoms with Gasteiger partial charge in [0.25, 0.3) is 0 Å². The van der Waals surface area contributed by atoms with Gasteiger partial charge >= 0.3 is 0 Å². The summed E-state index contributed by atoms with van der Waals surface area (Å²) < 4.78 is 13.7. The number of anilines is 6. The molecule has 14 rings (SSSR count). The minimum Gasteiger partial charge on any atom is -0.454 e. The molecule has 0 spiro atoms. The molecule has 0 aliphatic carbocycles. The van der Waals surface area contributed by atoms with Gasteiger partial charge in [-0.15, -0.1) is 0 Å². The number of benzene rings is 12. The van der Waals surface area contributed by atoms with Crippen LogP contribution in [0.3, 0.4) is 0 Å². The van der Waals surface area contributed by atoms with Crippen molar-refractivity contribution < 1.29 is 8.83 Å². The first-order valence-electron chi connectivity index (χ1n) is 27.5. The molecule has 4 heteroatoms. The Balaban J connectivity index is 0.903. The van der Waals surface area contributed by atoms with Gasteiger partial charge in [0.15, 0.2) is 11.2 Å². The number of rotatable bonds is 11. The van der Waals surface area contributed by atoms with Crippen LogP contribution < -0.4 is 9.80 Å². The second-order valence-corrected chi connectivity index (χ2v) is 21.0. The predicted octanol–water partition coefficient (Wildman–Crippen LogP) is 22.0. The van der Waals surface area contributed by atoms with Crippen molar-refractivity contribution in [2.24, 2.45) is 0 Å². The van der Waals surface area contributed by atoms with Gasteiger partial charge < -0.3 is 18.6 Å². The Hall–Kier alpha value is -10.2. The van der Waals surface area contributed by atoms with Gasteiger partial charge in [0.1, 0.15) is 11.2 Å². The first-order chi connectivity index (χ1) is 39.3. The molecule has 0 N–H and O–H groups in total. The summed E-state index contributed by atoms with van der Waals surface area (Å²) in [5, 5.41) is 4.36. The number of para-hydroxylation sites is 6. The van der Waals surface area contributed by atoms with Crippen molar-refractivity contribution in [1.82, 2.24) is 0 Å². The number of hydrogen-bond acceptors (Lipinski definition) is 4. The third-order valence-electron chi connectivity index (χ3n) is 16.0. The second-order valence-electron chi connectivity index (χ2n) is 21.0. The molecule has 0 saturated carbocycles. The number of nitrogens with zero attached hydrogens (tertiary/aromatic N) is 2. The van der Waals surface area contributed by atoms with Crippen molar-refractivity contribution in [3.63, 3.8) is 0 Å². The van der Waals surface area contributed by atoms with Crippen molar-refractivity contribution in [3.8, 4) is 55.6 Å². The summed E-state index contributed by atoms with van der Waals surface area (Å²) >= 11 is 0. The molecule has 2 aromatic heterocycles. The zero-order valence-electron chi connectivity index (χ0n) is 45.1. The lowest BCUT2D eigenvalue weighted by molar-refractivity contribution is 0.668. The fraction of sp³-hybridized carbons (Fsp3) is 0.0526. The highest BCUT2D eigenvalue weighted by Gasteiger charge is 2.27. The minimum atomic E-state index is 0.848. The summed E-state index contributed by atoms with van der Waals surface area (Å²) in [6, 6.07) is 96.0. The minimum absolute atomic E-state index is 0.848. The molecular weight excluding hydrogens is 973 g/mol. The van der Waals surface area contributed by atoms with E-state index in [0.29, 0.717) is 0 Å². The molecule has 0 saturated heterocycles. The highest BCUT2D eigenvalue weighted by Crippen LogP contribution is 2.51. The van der Waals surface area contributed by atoms with E-state index >= 15 is 0 Å².